The first-order valence-electron chi connectivity index (χ1n) is 12.1. The highest BCUT2D eigenvalue weighted by Crippen LogP contribution is 2.48. The van der Waals surface area contributed by atoms with Gasteiger partial charge in [0.15, 0.2) is 11.5 Å². The number of nitrogens with zero attached hydrogens (tertiary/aromatic N) is 2. The van der Waals surface area contributed by atoms with Crippen molar-refractivity contribution < 1.29 is 28.1 Å². The van der Waals surface area contributed by atoms with Crippen LogP contribution in [0.25, 0.3) is 11.5 Å². The second-order valence-electron chi connectivity index (χ2n) is 10.8. The second kappa shape index (κ2) is 10.5. The van der Waals surface area contributed by atoms with Crippen LogP contribution in [0.3, 0.4) is 0 Å². The van der Waals surface area contributed by atoms with E-state index in [2.05, 4.69) is 31.1 Å². The van der Waals surface area contributed by atoms with E-state index in [-0.39, 0.29) is 53.4 Å². The lowest BCUT2D eigenvalue weighted by Crippen LogP contribution is -2.13. The minimum Gasteiger partial charge on any atom is -0.481 e. The molecule has 1 aromatic carbocycles. The van der Waals surface area contributed by atoms with Crippen molar-refractivity contribution >= 4 is 23.4 Å². The number of ketones is 1. The topological polar surface area (TPSA) is 106 Å². The number of rotatable bonds is 11. The Bertz CT molecular complexity index is 1260. The highest BCUT2D eigenvalue weighted by atomic mass is 35.5. The van der Waals surface area contributed by atoms with Gasteiger partial charge in [0.1, 0.15) is 17.4 Å². The summed E-state index contributed by atoms with van der Waals surface area (Å²) in [6, 6.07) is 6.05. The maximum Gasteiger partial charge on any atom is 0.303 e. The largest absolute Gasteiger partial charge is 0.481 e. The molecule has 1 aliphatic rings. The zero-order chi connectivity index (χ0) is 26.0. The molecule has 36 heavy (non-hydrogen) atoms. The second-order valence-corrected chi connectivity index (χ2v) is 11.2. The van der Waals surface area contributed by atoms with Gasteiger partial charge >= 0.3 is 5.97 Å². The zero-order valence-corrected chi connectivity index (χ0v) is 21.4. The molecular formula is C27H30ClFN2O5. The molecule has 2 heterocycles. The third-order valence-corrected chi connectivity index (χ3v) is 6.44. The molecule has 1 atom stereocenters. The first-order chi connectivity index (χ1) is 17.0. The number of Topliss-reactive ketones (excluding diaryl/α,β-unsaturated/α-hetero) is 1. The Kier molecular flexibility index (Phi) is 7.64. The molecule has 1 aliphatic carbocycles. The van der Waals surface area contributed by atoms with Crippen LogP contribution in [0.15, 0.2) is 33.3 Å². The van der Waals surface area contributed by atoms with Gasteiger partial charge in [0.25, 0.3) is 0 Å². The molecule has 0 spiro atoms. The summed E-state index contributed by atoms with van der Waals surface area (Å²) in [6.45, 7) is 6.33. The summed E-state index contributed by atoms with van der Waals surface area (Å²) in [6.07, 6.45) is 2.59. The Morgan fingerprint density at radius 2 is 1.94 bits per heavy atom. The Morgan fingerprint density at radius 1 is 1.19 bits per heavy atom. The number of carboxylic acid groups (broad SMARTS) is 1. The summed E-state index contributed by atoms with van der Waals surface area (Å²) in [7, 11) is 0. The van der Waals surface area contributed by atoms with Crippen molar-refractivity contribution in [1.29, 1.82) is 0 Å². The summed E-state index contributed by atoms with van der Waals surface area (Å²) in [5, 5.41) is 18.1. The quantitative estimate of drug-likeness (QED) is 0.301. The molecule has 192 valence electrons. The first-order valence-corrected chi connectivity index (χ1v) is 12.5. The third-order valence-electron chi connectivity index (χ3n) is 6.21. The molecule has 1 fully saturated rings. The van der Waals surface area contributed by atoms with Gasteiger partial charge in [-0.15, -0.1) is 0 Å². The molecule has 0 saturated heterocycles. The van der Waals surface area contributed by atoms with Crippen molar-refractivity contribution in [2.24, 2.45) is 5.41 Å². The average Bonchev–Trinajstić information content (AvgIpc) is 3.35. The number of halogens is 2. The summed E-state index contributed by atoms with van der Waals surface area (Å²) in [5.74, 6) is -0.744. The van der Waals surface area contributed by atoms with Crippen LogP contribution in [0.2, 0.25) is 5.02 Å². The number of hydrogen-bond acceptors (Lipinski definition) is 6. The molecule has 0 amide bonds. The van der Waals surface area contributed by atoms with Gasteiger partial charge in [-0.05, 0) is 48.3 Å². The molecule has 0 aliphatic heterocycles. The van der Waals surface area contributed by atoms with Gasteiger partial charge < -0.3 is 14.2 Å². The van der Waals surface area contributed by atoms with Crippen LogP contribution in [-0.2, 0) is 22.4 Å². The number of carbonyl (C=O) groups is 2. The van der Waals surface area contributed by atoms with Crippen molar-refractivity contribution in [2.45, 2.75) is 77.6 Å². The van der Waals surface area contributed by atoms with Crippen LogP contribution in [0.4, 0.5) is 4.39 Å². The van der Waals surface area contributed by atoms with E-state index in [1.54, 1.807) is 0 Å². The minimum absolute atomic E-state index is 0.0224. The van der Waals surface area contributed by atoms with Gasteiger partial charge in [0.2, 0.25) is 0 Å². The van der Waals surface area contributed by atoms with Gasteiger partial charge in [0, 0.05) is 48.3 Å². The lowest BCUT2D eigenvalue weighted by atomic mass is 9.87. The van der Waals surface area contributed by atoms with Crippen LogP contribution >= 0.6 is 11.6 Å². The van der Waals surface area contributed by atoms with E-state index < -0.39 is 17.7 Å². The first kappa shape index (κ1) is 26.1. The molecule has 9 heteroatoms. The van der Waals surface area contributed by atoms with Crippen LogP contribution in [-0.4, -0.2) is 27.2 Å². The smallest absolute Gasteiger partial charge is 0.303 e. The highest BCUT2D eigenvalue weighted by molar-refractivity contribution is 6.30. The molecule has 4 rings (SSSR count). The maximum absolute atomic E-state index is 14.2. The Balaban J connectivity index is 1.60. The van der Waals surface area contributed by atoms with Crippen LogP contribution < -0.4 is 0 Å². The van der Waals surface area contributed by atoms with Crippen molar-refractivity contribution in [2.75, 3.05) is 0 Å². The summed E-state index contributed by atoms with van der Waals surface area (Å²) in [4.78, 5) is 24.3. The molecule has 1 N–H and O–H groups in total. The van der Waals surface area contributed by atoms with E-state index in [0.717, 1.165) is 24.2 Å². The number of aromatic nitrogens is 2. The Morgan fingerprint density at radius 3 is 2.58 bits per heavy atom. The van der Waals surface area contributed by atoms with E-state index >= 15 is 0 Å². The zero-order valence-electron chi connectivity index (χ0n) is 20.6. The van der Waals surface area contributed by atoms with Crippen LogP contribution in [0.5, 0.6) is 0 Å². The fourth-order valence-electron chi connectivity index (χ4n) is 4.44. The van der Waals surface area contributed by atoms with E-state index in [1.165, 1.54) is 18.2 Å². The van der Waals surface area contributed by atoms with E-state index in [4.69, 9.17) is 20.6 Å². The summed E-state index contributed by atoms with van der Waals surface area (Å²) in [5.41, 5.74) is 2.26. The minimum atomic E-state index is -0.962. The van der Waals surface area contributed by atoms with Crippen LogP contribution in [0, 0.1) is 11.2 Å². The number of carboxylic acids is 1. The molecule has 0 radical (unpaired) electrons. The molecule has 3 aromatic rings. The SMILES string of the molecule is CC(C)(C)Cc1cc(-c2onc([C@@H](CCC(=O)O)CC(=O)Cc3ccc(Cl)cc3F)c2C2CC2)no1. The van der Waals surface area contributed by atoms with Gasteiger partial charge in [-0.3, -0.25) is 9.59 Å². The van der Waals surface area contributed by atoms with Crippen molar-refractivity contribution in [3.05, 3.63) is 57.7 Å². The van der Waals surface area contributed by atoms with Crippen molar-refractivity contribution in [1.82, 2.24) is 10.3 Å². The standard InChI is InChI=1S/C27H30ClFN2O5/c1-27(2,3)14-20-13-22(30-35-20)26-24(15-4-5-15)25(31-36-26)17(7-9-23(33)34)11-19(32)10-16-6-8-18(28)12-21(16)29/h6,8,12-13,15,17H,4-5,7,9-11,14H2,1-3H3,(H,33,34)/t17-/m0/s1. The fraction of sp³-hybridized carbons (Fsp3) is 0.481. The Hall–Kier alpha value is -3.00. The lowest BCUT2D eigenvalue weighted by Gasteiger charge is -2.15. The maximum atomic E-state index is 14.2. The fourth-order valence-corrected chi connectivity index (χ4v) is 4.60. The molecule has 2 aromatic heterocycles. The molecular weight excluding hydrogens is 487 g/mol. The predicted molar refractivity (Wildman–Crippen MR) is 131 cm³/mol. The third kappa shape index (κ3) is 6.60. The lowest BCUT2D eigenvalue weighted by molar-refractivity contribution is -0.137. The van der Waals surface area contributed by atoms with E-state index in [0.29, 0.717) is 23.6 Å². The Labute approximate surface area is 214 Å². The predicted octanol–water partition coefficient (Wildman–Crippen LogP) is 6.74. The molecule has 7 nitrogen and oxygen atoms in total. The van der Waals surface area contributed by atoms with Crippen molar-refractivity contribution in [3.8, 4) is 11.5 Å². The van der Waals surface area contributed by atoms with Crippen LogP contribution in [0.1, 0.15) is 87.3 Å². The van der Waals surface area contributed by atoms with Crippen molar-refractivity contribution in [3.63, 3.8) is 0 Å². The average molecular weight is 517 g/mol. The molecule has 0 bridgehead atoms. The molecule has 0 unspecified atom stereocenters. The summed E-state index contributed by atoms with van der Waals surface area (Å²) < 4.78 is 25.5. The number of benzene rings is 1. The van der Waals surface area contributed by atoms with E-state index in [9.17, 15) is 19.1 Å². The number of aliphatic carboxylic acids is 1. The number of hydrogen-bond donors (Lipinski definition) is 1. The van der Waals surface area contributed by atoms with Gasteiger partial charge in [0.05, 0.1) is 5.69 Å². The van der Waals surface area contributed by atoms with E-state index in [1.807, 2.05) is 6.07 Å². The normalized spacial score (nSPS) is 14.7. The summed E-state index contributed by atoms with van der Waals surface area (Å²) >= 11 is 5.82. The molecule has 1 saturated carbocycles. The highest BCUT2D eigenvalue weighted by Gasteiger charge is 2.37. The monoisotopic (exact) mass is 516 g/mol. The van der Waals surface area contributed by atoms with Gasteiger partial charge in [-0.2, -0.15) is 0 Å². The van der Waals surface area contributed by atoms with Gasteiger partial charge in [-0.25, -0.2) is 4.39 Å². The number of carbonyl (C=O) groups excluding carboxylic acids is 1. The van der Waals surface area contributed by atoms with Gasteiger partial charge in [-0.1, -0.05) is 48.8 Å².